The number of halogens is 1. The van der Waals surface area contributed by atoms with E-state index in [1.54, 1.807) is 11.4 Å². The Morgan fingerprint density at radius 3 is 2.57 bits per heavy atom. The van der Waals surface area contributed by atoms with Gasteiger partial charge in [-0.15, -0.1) is 11.3 Å². The Balaban J connectivity index is 1.80. The topological polar surface area (TPSA) is 86.1 Å². The van der Waals surface area contributed by atoms with E-state index < -0.39 is 17.6 Å². The van der Waals surface area contributed by atoms with Crippen molar-refractivity contribution in [1.29, 1.82) is 5.26 Å². The van der Waals surface area contributed by atoms with Crippen molar-refractivity contribution in [2.24, 2.45) is 0 Å². The molecule has 0 spiro atoms. The zero-order valence-electron chi connectivity index (χ0n) is 16.0. The standard InChI is InChI=1S/C22H17FN4O2S/c1-15(28)27(20-10-6-5-9-19(20)23)22-26-18(14-30-22)11-17(12-24)21(29)25-13-16-7-3-2-4-8-16/h2-11,14H,13H2,1H3,(H,25,29)/b17-11+. The summed E-state index contributed by atoms with van der Waals surface area (Å²) in [5, 5.41) is 13.9. The third-order valence-electron chi connectivity index (χ3n) is 4.06. The Labute approximate surface area is 176 Å². The molecule has 2 amide bonds. The lowest BCUT2D eigenvalue weighted by Gasteiger charge is -2.18. The van der Waals surface area contributed by atoms with Crippen molar-refractivity contribution in [3.63, 3.8) is 0 Å². The van der Waals surface area contributed by atoms with Crippen molar-refractivity contribution in [2.45, 2.75) is 13.5 Å². The molecule has 6 nitrogen and oxygen atoms in total. The van der Waals surface area contributed by atoms with Gasteiger partial charge in [0.2, 0.25) is 5.91 Å². The second-order valence-corrected chi connectivity index (χ2v) is 7.04. The van der Waals surface area contributed by atoms with Crippen LogP contribution in [-0.2, 0) is 16.1 Å². The van der Waals surface area contributed by atoms with Crippen LogP contribution in [0.1, 0.15) is 18.2 Å². The minimum Gasteiger partial charge on any atom is -0.347 e. The lowest BCUT2D eigenvalue weighted by Crippen LogP contribution is -2.24. The summed E-state index contributed by atoms with van der Waals surface area (Å²) in [6.45, 7) is 1.59. The lowest BCUT2D eigenvalue weighted by molar-refractivity contribution is -0.117. The predicted molar refractivity (Wildman–Crippen MR) is 113 cm³/mol. The van der Waals surface area contributed by atoms with Gasteiger partial charge in [-0.2, -0.15) is 5.26 Å². The smallest absolute Gasteiger partial charge is 0.262 e. The average Bonchev–Trinajstić information content (AvgIpc) is 3.20. The number of benzene rings is 2. The predicted octanol–water partition coefficient (Wildman–Crippen LogP) is 4.19. The van der Waals surface area contributed by atoms with Gasteiger partial charge in [-0.3, -0.25) is 14.5 Å². The summed E-state index contributed by atoms with van der Waals surface area (Å²) in [5.74, 6) is -1.50. The quantitative estimate of drug-likeness (QED) is 0.479. The van der Waals surface area contributed by atoms with Crippen LogP contribution in [0.4, 0.5) is 15.2 Å². The third-order valence-corrected chi connectivity index (χ3v) is 4.91. The summed E-state index contributed by atoms with van der Waals surface area (Å²) in [7, 11) is 0. The van der Waals surface area contributed by atoms with E-state index in [2.05, 4.69) is 10.3 Å². The van der Waals surface area contributed by atoms with Crippen molar-refractivity contribution < 1.29 is 14.0 Å². The maximum atomic E-state index is 14.2. The van der Waals surface area contributed by atoms with Gasteiger partial charge in [0.1, 0.15) is 17.5 Å². The maximum Gasteiger partial charge on any atom is 0.262 e. The number of carbonyl (C=O) groups excluding carboxylic acids is 2. The van der Waals surface area contributed by atoms with E-state index in [-0.39, 0.29) is 22.9 Å². The molecule has 30 heavy (non-hydrogen) atoms. The van der Waals surface area contributed by atoms with Gasteiger partial charge in [0.25, 0.3) is 5.91 Å². The van der Waals surface area contributed by atoms with Gasteiger partial charge < -0.3 is 5.32 Å². The van der Waals surface area contributed by atoms with Gasteiger partial charge in [0.05, 0.1) is 11.4 Å². The molecular weight excluding hydrogens is 403 g/mol. The molecule has 1 heterocycles. The molecule has 0 saturated heterocycles. The molecule has 1 aromatic heterocycles. The number of para-hydroxylation sites is 1. The molecule has 3 aromatic rings. The zero-order chi connectivity index (χ0) is 21.5. The van der Waals surface area contributed by atoms with E-state index in [9.17, 15) is 19.2 Å². The highest BCUT2D eigenvalue weighted by Gasteiger charge is 2.21. The van der Waals surface area contributed by atoms with Crippen LogP contribution in [0.5, 0.6) is 0 Å². The fourth-order valence-corrected chi connectivity index (χ4v) is 3.49. The molecule has 3 rings (SSSR count). The molecule has 0 fully saturated rings. The normalized spacial score (nSPS) is 10.9. The van der Waals surface area contributed by atoms with Crippen LogP contribution in [0.25, 0.3) is 6.08 Å². The summed E-state index contributed by atoms with van der Waals surface area (Å²) in [4.78, 5) is 29.9. The van der Waals surface area contributed by atoms with E-state index in [0.717, 1.165) is 21.8 Å². The molecule has 0 bridgehead atoms. The number of nitrogens with zero attached hydrogens (tertiary/aromatic N) is 3. The summed E-state index contributed by atoms with van der Waals surface area (Å²) >= 11 is 1.11. The Hall–Kier alpha value is -3.83. The number of carbonyl (C=O) groups is 2. The molecule has 8 heteroatoms. The summed E-state index contributed by atoms with van der Waals surface area (Å²) < 4.78 is 14.2. The van der Waals surface area contributed by atoms with Gasteiger partial charge in [-0.05, 0) is 23.8 Å². The second kappa shape index (κ2) is 9.58. The largest absolute Gasteiger partial charge is 0.347 e. The number of amides is 2. The number of thiazole rings is 1. The first-order valence-electron chi connectivity index (χ1n) is 8.94. The van der Waals surface area contributed by atoms with Crippen LogP contribution in [0.2, 0.25) is 0 Å². The van der Waals surface area contributed by atoms with Crippen LogP contribution in [-0.4, -0.2) is 16.8 Å². The van der Waals surface area contributed by atoms with Gasteiger partial charge in [0.15, 0.2) is 5.13 Å². The summed E-state index contributed by atoms with van der Waals surface area (Å²) in [6, 6.07) is 17.1. The Morgan fingerprint density at radius 2 is 1.90 bits per heavy atom. The molecule has 150 valence electrons. The Kier molecular flexibility index (Phi) is 6.67. The van der Waals surface area contributed by atoms with Crippen molar-refractivity contribution >= 4 is 40.0 Å². The molecule has 0 radical (unpaired) electrons. The van der Waals surface area contributed by atoms with Crippen molar-refractivity contribution in [1.82, 2.24) is 10.3 Å². The Morgan fingerprint density at radius 1 is 1.20 bits per heavy atom. The fraction of sp³-hybridized carbons (Fsp3) is 0.0909. The highest BCUT2D eigenvalue weighted by molar-refractivity contribution is 7.14. The minimum atomic E-state index is -0.557. The molecule has 2 aromatic carbocycles. The molecule has 1 N–H and O–H groups in total. The van der Waals surface area contributed by atoms with E-state index in [4.69, 9.17) is 0 Å². The molecule has 0 aliphatic carbocycles. The zero-order valence-corrected chi connectivity index (χ0v) is 16.8. The molecule has 0 saturated carbocycles. The molecule has 0 aliphatic rings. The highest BCUT2D eigenvalue weighted by Crippen LogP contribution is 2.31. The number of aromatic nitrogens is 1. The van der Waals surface area contributed by atoms with Gasteiger partial charge in [-0.1, -0.05) is 42.5 Å². The number of anilines is 2. The van der Waals surface area contributed by atoms with Crippen LogP contribution in [0.3, 0.4) is 0 Å². The van der Waals surface area contributed by atoms with Crippen LogP contribution >= 0.6 is 11.3 Å². The first-order valence-corrected chi connectivity index (χ1v) is 9.82. The molecule has 0 atom stereocenters. The Bertz CT molecular complexity index is 1140. The second-order valence-electron chi connectivity index (χ2n) is 6.20. The number of rotatable bonds is 6. The van der Waals surface area contributed by atoms with Gasteiger partial charge >= 0.3 is 0 Å². The first-order chi connectivity index (χ1) is 14.5. The lowest BCUT2D eigenvalue weighted by atomic mass is 10.2. The van der Waals surface area contributed by atoms with Gasteiger partial charge in [0, 0.05) is 18.8 Å². The van der Waals surface area contributed by atoms with E-state index in [1.165, 1.54) is 31.2 Å². The highest BCUT2D eigenvalue weighted by atomic mass is 32.1. The van der Waals surface area contributed by atoms with Crippen LogP contribution < -0.4 is 10.2 Å². The van der Waals surface area contributed by atoms with Crippen molar-refractivity contribution in [2.75, 3.05) is 4.90 Å². The first kappa shape index (κ1) is 20.9. The monoisotopic (exact) mass is 420 g/mol. The van der Waals surface area contributed by atoms with E-state index in [1.807, 2.05) is 36.4 Å². The fourth-order valence-electron chi connectivity index (χ4n) is 2.66. The van der Waals surface area contributed by atoms with Crippen LogP contribution in [0, 0.1) is 17.1 Å². The van der Waals surface area contributed by atoms with E-state index >= 15 is 0 Å². The number of hydrogen-bond donors (Lipinski definition) is 1. The van der Waals surface area contributed by atoms with Crippen molar-refractivity contribution in [3.05, 3.63) is 82.6 Å². The summed E-state index contributed by atoms with van der Waals surface area (Å²) in [6.07, 6.45) is 1.33. The number of nitriles is 1. The number of nitrogens with one attached hydrogen (secondary N) is 1. The maximum absolute atomic E-state index is 14.2. The SMILES string of the molecule is CC(=O)N(c1nc(/C=C(\C#N)C(=O)NCc2ccccc2)cs1)c1ccccc1F. The third kappa shape index (κ3) is 4.96. The summed E-state index contributed by atoms with van der Waals surface area (Å²) in [5.41, 5.74) is 1.18. The number of hydrogen-bond acceptors (Lipinski definition) is 5. The van der Waals surface area contributed by atoms with E-state index in [0.29, 0.717) is 5.69 Å². The molecule has 0 unspecified atom stereocenters. The van der Waals surface area contributed by atoms with Gasteiger partial charge in [-0.25, -0.2) is 9.37 Å². The minimum absolute atomic E-state index is 0.0796. The van der Waals surface area contributed by atoms with Crippen LogP contribution in [0.15, 0.2) is 65.6 Å². The molecule has 0 aliphatic heterocycles. The molecular formula is C22H17FN4O2S. The average molecular weight is 420 g/mol. The van der Waals surface area contributed by atoms with Crippen molar-refractivity contribution in [3.8, 4) is 6.07 Å².